The minimum Gasteiger partial charge on any atom is -0.467 e. The summed E-state index contributed by atoms with van der Waals surface area (Å²) in [4.78, 5) is 31.0. The number of nitrogens with zero attached hydrogens (tertiary/aromatic N) is 4. The summed E-state index contributed by atoms with van der Waals surface area (Å²) in [5.74, 6) is 0.624. The summed E-state index contributed by atoms with van der Waals surface area (Å²) in [6.45, 7) is 2.61. The number of carbonyl (C=O) groups excluding carboxylic acids is 2. The molecule has 1 saturated heterocycles. The second-order valence-electron chi connectivity index (χ2n) is 8.08. The van der Waals surface area contributed by atoms with Gasteiger partial charge in [0, 0.05) is 43.2 Å². The zero-order chi connectivity index (χ0) is 22.8. The molecule has 0 N–H and O–H groups in total. The molecule has 1 unspecified atom stereocenters. The third-order valence-corrected chi connectivity index (χ3v) is 7.09. The molecule has 7 nitrogen and oxygen atoms in total. The van der Waals surface area contributed by atoms with Gasteiger partial charge in [-0.3, -0.25) is 14.5 Å². The Morgan fingerprint density at radius 1 is 1.09 bits per heavy atom. The minimum atomic E-state index is -0.240. The van der Waals surface area contributed by atoms with Crippen molar-refractivity contribution in [3.05, 3.63) is 81.4 Å². The topological polar surface area (TPSA) is 69.4 Å². The molecule has 33 heavy (non-hydrogen) atoms. The molecule has 0 saturated carbocycles. The van der Waals surface area contributed by atoms with Crippen LogP contribution in [0.3, 0.4) is 0 Å². The lowest BCUT2D eigenvalue weighted by Gasteiger charge is -2.35. The fourth-order valence-corrected chi connectivity index (χ4v) is 5.12. The predicted molar refractivity (Wildman–Crippen MR) is 128 cm³/mol. The van der Waals surface area contributed by atoms with E-state index in [1.807, 2.05) is 29.6 Å². The van der Waals surface area contributed by atoms with Gasteiger partial charge in [-0.1, -0.05) is 23.7 Å². The molecule has 0 aliphatic carbocycles. The minimum absolute atomic E-state index is 0.0360. The van der Waals surface area contributed by atoms with Gasteiger partial charge in [0.15, 0.2) is 0 Å². The summed E-state index contributed by atoms with van der Waals surface area (Å²) in [5.41, 5.74) is 1.48. The summed E-state index contributed by atoms with van der Waals surface area (Å²) >= 11 is 7.64. The standard InChI is InChI=1S/C24H23ClN4O3S/c25-18-5-1-4-17(14-18)24(31)28-10-8-27(9-11-28)16-23(30)29-20(21-6-2-12-32-21)15-19(26-29)22-7-3-13-33-22/h1-7,12-14,20H,8-11,15-16H2. The fraction of sp³-hybridized carbons (Fsp3) is 0.292. The Balaban J connectivity index is 1.23. The summed E-state index contributed by atoms with van der Waals surface area (Å²) in [6.07, 6.45) is 2.25. The van der Waals surface area contributed by atoms with E-state index in [0.29, 0.717) is 43.2 Å². The third-order valence-electron chi connectivity index (χ3n) is 5.93. The number of hydrazone groups is 1. The van der Waals surface area contributed by atoms with Crippen LogP contribution in [0, 0.1) is 0 Å². The first-order chi connectivity index (χ1) is 16.1. The molecule has 0 radical (unpaired) electrons. The molecule has 2 aliphatic heterocycles. The van der Waals surface area contributed by atoms with Crippen molar-refractivity contribution in [1.29, 1.82) is 0 Å². The molecule has 3 aromatic rings. The largest absolute Gasteiger partial charge is 0.467 e. The molecule has 2 aliphatic rings. The van der Waals surface area contributed by atoms with E-state index < -0.39 is 0 Å². The second-order valence-corrected chi connectivity index (χ2v) is 9.46. The Morgan fingerprint density at radius 3 is 2.64 bits per heavy atom. The van der Waals surface area contributed by atoms with Gasteiger partial charge in [-0.05, 0) is 41.8 Å². The highest BCUT2D eigenvalue weighted by molar-refractivity contribution is 7.12. The van der Waals surface area contributed by atoms with Crippen molar-refractivity contribution < 1.29 is 14.0 Å². The van der Waals surface area contributed by atoms with Crippen molar-refractivity contribution in [2.75, 3.05) is 32.7 Å². The van der Waals surface area contributed by atoms with E-state index in [2.05, 4.69) is 10.0 Å². The SMILES string of the molecule is O=C(c1cccc(Cl)c1)N1CCN(CC(=O)N2N=C(c3cccs3)CC2c2ccco2)CC1. The first-order valence-corrected chi connectivity index (χ1v) is 12.1. The Labute approximate surface area is 200 Å². The van der Waals surface area contributed by atoms with Crippen LogP contribution in [0.4, 0.5) is 0 Å². The third kappa shape index (κ3) is 4.73. The molecule has 1 aromatic carbocycles. The lowest BCUT2D eigenvalue weighted by molar-refractivity contribution is -0.134. The van der Waals surface area contributed by atoms with Crippen molar-refractivity contribution in [2.24, 2.45) is 5.10 Å². The van der Waals surface area contributed by atoms with Crippen LogP contribution < -0.4 is 0 Å². The lowest BCUT2D eigenvalue weighted by atomic mass is 10.1. The van der Waals surface area contributed by atoms with E-state index in [0.717, 1.165) is 16.3 Å². The van der Waals surface area contributed by atoms with E-state index in [4.69, 9.17) is 16.0 Å². The molecule has 2 aromatic heterocycles. The second kappa shape index (κ2) is 9.51. The van der Waals surface area contributed by atoms with Crippen molar-refractivity contribution in [1.82, 2.24) is 14.8 Å². The van der Waals surface area contributed by atoms with Crippen LogP contribution in [0.25, 0.3) is 0 Å². The average molecular weight is 483 g/mol. The van der Waals surface area contributed by atoms with Gasteiger partial charge >= 0.3 is 0 Å². The Kier molecular flexibility index (Phi) is 6.30. The maximum atomic E-state index is 13.3. The zero-order valence-electron chi connectivity index (χ0n) is 17.9. The summed E-state index contributed by atoms with van der Waals surface area (Å²) < 4.78 is 5.61. The molecule has 0 bridgehead atoms. The Hall–Kier alpha value is -2.94. The maximum Gasteiger partial charge on any atom is 0.257 e. The molecular formula is C24H23ClN4O3S. The number of hydrogen-bond donors (Lipinski definition) is 0. The van der Waals surface area contributed by atoms with E-state index >= 15 is 0 Å². The summed E-state index contributed by atoms with van der Waals surface area (Å²) in [6, 6.07) is 14.5. The lowest BCUT2D eigenvalue weighted by Crippen LogP contribution is -2.51. The molecule has 0 spiro atoms. The van der Waals surface area contributed by atoms with Crippen molar-refractivity contribution in [2.45, 2.75) is 12.5 Å². The van der Waals surface area contributed by atoms with Gasteiger partial charge < -0.3 is 9.32 Å². The molecule has 9 heteroatoms. The number of halogens is 1. The maximum absolute atomic E-state index is 13.3. The van der Waals surface area contributed by atoms with E-state index in [9.17, 15) is 9.59 Å². The van der Waals surface area contributed by atoms with Gasteiger partial charge in [0.25, 0.3) is 11.8 Å². The summed E-state index contributed by atoms with van der Waals surface area (Å²) in [7, 11) is 0. The van der Waals surface area contributed by atoms with Crippen LogP contribution >= 0.6 is 22.9 Å². The highest BCUT2D eigenvalue weighted by Gasteiger charge is 2.36. The normalized spacial score (nSPS) is 19.1. The number of thiophene rings is 1. The average Bonchev–Trinajstić information content (AvgIpc) is 3.60. The van der Waals surface area contributed by atoms with Crippen LogP contribution in [0.2, 0.25) is 5.02 Å². The highest BCUT2D eigenvalue weighted by Crippen LogP contribution is 2.34. The highest BCUT2D eigenvalue weighted by atomic mass is 35.5. The summed E-state index contributed by atoms with van der Waals surface area (Å²) in [5, 5.41) is 8.79. The van der Waals surface area contributed by atoms with Crippen molar-refractivity contribution >= 4 is 40.5 Å². The van der Waals surface area contributed by atoms with Crippen molar-refractivity contribution in [3.8, 4) is 0 Å². The Bertz CT molecular complexity index is 1150. The number of hydrogen-bond acceptors (Lipinski definition) is 6. The van der Waals surface area contributed by atoms with Gasteiger partial charge in [0.1, 0.15) is 11.8 Å². The molecule has 2 amide bonds. The van der Waals surface area contributed by atoms with Gasteiger partial charge in [-0.15, -0.1) is 11.3 Å². The Morgan fingerprint density at radius 2 is 1.94 bits per heavy atom. The smallest absolute Gasteiger partial charge is 0.257 e. The monoisotopic (exact) mass is 482 g/mol. The van der Waals surface area contributed by atoms with Crippen LogP contribution in [0.5, 0.6) is 0 Å². The molecule has 5 rings (SSSR count). The van der Waals surface area contributed by atoms with Crippen LogP contribution in [0.1, 0.15) is 33.5 Å². The molecule has 4 heterocycles. The number of furan rings is 1. The van der Waals surface area contributed by atoms with Crippen LogP contribution in [-0.2, 0) is 4.79 Å². The fourth-order valence-electron chi connectivity index (χ4n) is 4.21. The number of carbonyl (C=O) groups is 2. The van der Waals surface area contributed by atoms with E-state index in [-0.39, 0.29) is 24.4 Å². The first-order valence-electron chi connectivity index (χ1n) is 10.8. The molecule has 170 valence electrons. The van der Waals surface area contributed by atoms with E-state index in [1.54, 1.807) is 51.8 Å². The number of benzene rings is 1. The zero-order valence-corrected chi connectivity index (χ0v) is 19.5. The predicted octanol–water partition coefficient (Wildman–Crippen LogP) is 4.13. The van der Waals surface area contributed by atoms with Gasteiger partial charge in [0.05, 0.1) is 23.4 Å². The number of amides is 2. The van der Waals surface area contributed by atoms with Crippen molar-refractivity contribution in [3.63, 3.8) is 0 Å². The van der Waals surface area contributed by atoms with Gasteiger partial charge in [-0.25, -0.2) is 5.01 Å². The van der Waals surface area contributed by atoms with Crippen LogP contribution in [0.15, 0.2) is 69.7 Å². The number of rotatable bonds is 5. The molecule has 1 fully saturated rings. The molecule has 1 atom stereocenters. The molecular weight excluding hydrogens is 460 g/mol. The van der Waals surface area contributed by atoms with E-state index in [1.165, 1.54) is 0 Å². The number of piperazine rings is 1. The first kappa shape index (κ1) is 21.9. The quantitative estimate of drug-likeness (QED) is 0.548. The van der Waals surface area contributed by atoms with Crippen LogP contribution in [-0.4, -0.2) is 65.1 Å². The van der Waals surface area contributed by atoms with Gasteiger partial charge in [0.2, 0.25) is 0 Å². The van der Waals surface area contributed by atoms with Gasteiger partial charge in [-0.2, -0.15) is 5.10 Å².